The van der Waals surface area contributed by atoms with Gasteiger partial charge >= 0.3 is 5.97 Å². The van der Waals surface area contributed by atoms with Crippen LogP contribution in [0, 0.1) is 0 Å². The minimum Gasteiger partial charge on any atom is -0.378 e. The lowest BCUT2D eigenvalue weighted by Crippen LogP contribution is -2.32. The van der Waals surface area contributed by atoms with Crippen molar-refractivity contribution in [3.05, 3.63) is 10.4 Å². The Balaban J connectivity index is 1.67. The van der Waals surface area contributed by atoms with Crippen molar-refractivity contribution in [2.75, 3.05) is 144 Å². The number of nitrogens with one attached hydrogen (secondary N) is 1. The van der Waals surface area contributed by atoms with Crippen molar-refractivity contribution >= 4 is 45.3 Å². The van der Waals surface area contributed by atoms with Gasteiger partial charge in [-0.15, -0.1) is 5.06 Å². The predicted octanol–water partition coefficient (Wildman–Crippen LogP) is 1.33. The summed E-state index contributed by atoms with van der Waals surface area (Å²) in [5.41, 5.74) is 8.19. The van der Waals surface area contributed by atoms with Gasteiger partial charge in [0.15, 0.2) is 0 Å². The number of hydroxylamine groups is 2. The van der Waals surface area contributed by atoms with Crippen LogP contribution in [0.15, 0.2) is 5.11 Å². The third kappa shape index (κ3) is 31.0. The van der Waals surface area contributed by atoms with Gasteiger partial charge in [-0.3, -0.25) is 14.4 Å². The average molecular weight is 772 g/mol. The summed E-state index contributed by atoms with van der Waals surface area (Å²) in [5.74, 6) is -0.321. The molecule has 1 heterocycles. The number of azide groups is 1. The zero-order valence-electron chi connectivity index (χ0n) is 29.2. The highest BCUT2D eigenvalue weighted by molar-refractivity contribution is 8.76. The van der Waals surface area contributed by atoms with E-state index in [4.69, 9.17) is 53.0 Å². The molecule has 0 saturated carbocycles. The highest BCUT2D eigenvalue weighted by Crippen LogP contribution is 2.21. The number of imide groups is 1. The van der Waals surface area contributed by atoms with E-state index in [-0.39, 0.29) is 38.4 Å². The van der Waals surface area contributed by atoms with Crippen molar-refractivity contribution in [2.45, 2.75) is 25.7 Å². The first-order valence-electron chi connectivity index (χ1n) is 16.8. The summed E-state index contributed by atoms with van der Waals surface area (Å²) in [6.07, 6.45) is 0.461. The van der Waals surface area contributed by atoms with Gasteiger partial charge in [0.25, 0.3) is 11.8 Å². The van der Waals surface area contributed by atoms with Crippen LogP contribution in [0.1, 0.15) is 25.7 Å². The SMILES string of the molecule is [N-]=[N+]=NCCSSCCC(=O)NCCOCCOCCOCCOCCOCCOCCOCCOCCOCCC(=O)ON1C(=O)CCC1=O. The molecule has 0 atom stereocenters. The fraction of sp³-hybridized carbons (Fsp3) is 0.867. The standard InChI is InChI=1S/C30H53N5O14S2/c31-34-33-6-26-51-50-25-4-27(36)32-5-8-41-10-12-43-14-16-45-18-20-47-22-24-48-23-21-46-19-17-44-15-13-42-11-9-40-7-3-30(39)49-35-28(37)1-2-29(35)38/h1-26H2,(H,32,36). The predicted molar refractivity (Wildman–Crippen MR) is 186 cm³/mol. The minimum atomic E-state index is -0.704. The molecule has 1 N–H and O–H groups in total. The lowest BCUT2D eigenvalue weighted by Gasteiger charge is -2.12. The number of rotatable bonds is 38. The lowest BCUT2D eigenvalue weighted by molar-refractivity contribution is -0.198. The zero-order valence-corrected chi connectivity index (χ0v) is 30.8. The zero-order chi connectivity index (χ0) is 36.9. The third-order valence-electron chi connectivity index (χ3n) is 6.03. The van der Waals surface area contributed by atoms with Crippen LogP contribution in [0.5, 0.6) is 0 Å². The molecule has 294 valence electrons. The first-order chi connectivity index (χ1) is 25.0. The Morgan fingerprint density at radius 3 is 1.43 bits per heavy atom. The normalized spacial score (nSPS) is 12.7. The Labute approximate surface area is 306 Å². The Hall–Kier alpha value is -2.27. The summed E-state index contributed by atoms with van der Waals surface area (Å²) in [4.78, 5) is 53.6. The van der Waals surface area contributed by atoms with Gasteiger partial charge < -0.3 is 52.8 Å². The van der Waals surface area contributed by atoms with E-state index >= 15 is 0 Å². The van der Waals surface area contributed by atoms with Crippen LogP contribution < -0.4 is 5.32 Å². The summed E-state index contributed by atoms with van der Waals surface area (Å²) < 4.78 is 48.8. The average Bonchev–Trinajstić information content (AvgIpc) is 3.44. The largest absolute Gasteiger partial charge is 0.378 e. The third-order valence-corrected chi connectivity index (χ3v) is 8.41. The summed E-state index contributed by atoms with van der Waals surface area (Å²) >= 11 is 0. The number of amides is 3. The second kappa shape index (κ2) is 36.1. The lowest BCUT2D eigenvalue weighted by atomic mass is 10.4. The van der Waals surface area contributed by atoms with Crippen molar-refractivity contribution in [1.29, 1.82) is 0 Å². The van der Waals surface area contributed by atoms with E-state index in [2.05, 4.69) is 15.3 Å². The molecule has 1 aliphatic rings. The molecule has 0 radical (unpaired) electrons. The van der Waals surface area contributed by atoms with Crippen LogP contribution in [0.4, 0.5) is 0 Å². The second-order valence-electron chi connectivity index (χ2n) is 10.0. The molecule has 0 aromatic heterocycles. The van der Waals surface area contributed by atoms with E-state index in [1.54, 1.807) is 21.6 Å². The molecule has 0 spiro atoms. The Morgan fingerprint density at radius 1 is 0.608 bits per heavy atom. The molecule has 0 aliphatic carbocycles. The molecule has 1 aliphatic heterocycles. The first-order valence-corrected chi connectivity index (χ1v) is 19.3. The highest BCUT2D eigenvalue weighted by atomic mass is 33.1. The van der Waals surface area contributed by atoms with Gasteiger partial charge in [-0.25, -0.2) is 4.79 Å². The minimum absolute atomic E-state index is 0.0178. The molecule has 51 heavy (non-hydrogen) atoms. The van der Waals surface area contributed by atoms with Crippen LogP contribution in [0.2, 0.25) is 0 Å². The van der Waals surface area contributed by atoms with Crippen molar-refractivity contribution in [1.82, 2.24) is 10.4 Å². The maximum absolute atomic E-state index is 11.7. The molecule has 3 amide bonds. The van der Waals surface area contributed by atoms with E-state index in [1.807, 2.05) is 0 Å². The fourth-order valence-corrected chi connectivity index (χ4v) is 5.39. The fourth-order valence-electron chi connectivity index (χ4n) is 3.55. The highest BCUT2D eigenvalue weighted by Gasteiger charge is 2.32. The van der Waals surface area contributed by atoms with Crippen LogP contribution >= 0.6 is 21.6 Å². The molecule has 0 unspecified atom stereocenters. The Kier molecular flexibility index (Phi) is 33.1. The van der Waals surface area contributed by atoms with Crippen molar-refractivity contribution in [3.63, 3.8) is 0 Å². The molecule has 0 aromatic rings. The molecule has 19 nitrogen and oxygen atoms in total. The maximum Gasteiger partial charge on any atom is 0.335 e. The number of nitrogens with zero attached hydrogens (tertiary/aromatic N) is 4. The molecule has 1 rings (SSSR count). The molecule has 21 heteroatoms. The molecule has 0 aromatic carbocycles. The van der Waals surface area contributed by atoms with Gasteiger partial charge in [0.1, 0.15) is 0 Å². The molecule has 1 fully saturated rings. The van der Waals surface area contributed by atoms with Gasteiger partial charge in [-0.1, -0.05) is 26.7 Å². The first kappa shape index (κ1) is 46.8. The smallest absolute Gasteiger partial charge is 0.335 e. The van der Waals surface area contributed by atoms with Crippen LogP contribution in [-0.2, 0) is 66.6 Å². The maximum atomic E-state index is 11.7. The number of ether oxygens (including phenoxy) is 9. The van der Waals surface area contributed by atoms with Gasteiger partial charge in [0.2, 0.25) is 5.91 Å². The molecular weight excluding hydrogens is 718 g/mol. The number of carbonyl (C=O) groups excluding carboxylic acids is 4. The van der Waals surface area contributed by atoms with Crippen molar-refractivity contribution in [3.8, 4) is 0 Å². The summed E-state index contributed by atoms with van der Waals surface area (Å²) in [5, 5.41) is 6.77. The van der Waals surface area contributed by atoms with Crippen molar-refractivity contribution < 1.29 is 66.6 Å². The molecule has 0 bridgehead atoms. The van der Waals surface area contributed by atoms with E-state index in [0.29, 0.717) is 136 Å². The van der Waals surface area contributed by atoms with E-state index in [1.165, 1.54) is 0 Å². The van der Waals surface area contributed by atoms with Gasteiger partial charge in [0, 0.05) is 48.8 Å². The van der Waals surface area contributed by atoms with Crippen molar-refractivity contribution in [2.24, 2.45) is 5.11 Å². The van der Waals surface area contributed by atoms with Crippen LogP contribution in [0.25, 0.3) is 10.4 Å². The monoisotopic (exact) mass is 771 g/mol. The summed E-state index contributed by atoms with van der Waals surface area (Å²) in [7, 11) is 3.17. The van der Waals surface area contributed by atoms with Crippen LogP contribution in [0.3, 0.4) is 0 Å². The summed E-state index contributed by atoms with van der Waals surface area (Å²) in [6, 6.07) is 0. The second-order valence-corrected chi connectivity index (χ2v) is 12.7. The summed E-state index contributed by atoms with van der Waals surface area (Å²) in [6.45, 7) is 8.20. The number of carbonyl (C=O) groups is 4. The number of hydrogen-bond acceptors (Lipinski definition) is 17. The molecular formula is C30H53N5O14S2. The Bertz CT molecular complexity index is 952. The van der Waals surface area contributed by atoms with Gasteiger partial charge in [-0.2, -0.15) is 0 Å². The quantitative estimate of drug-likeness (QED) is 0.0233. The van der Waals surface area contributed by atoms with E-state index in [9.17, 15) is 19.2 Å². The topological polar surface area (TPSA) is 225 Å². The van der Waals surface area contributed by atoms with Crippen LogP contribution in [-0.4, -0.2) is 172 Å². The Morgan fingerprint density at radius 2 is 1.00 bits per heavy atom. The van der Waals surface area contributed by atoms with E-state index in [0.717, 1.165) is 5.75 Å². The van der Waals surface area contributed by atoms with Gasteiger partial charge in [0.05, 0.1) is 125 Å². The molecule has 1 saturated heterocycles. The number of hydrogen-bond donors (Lipinski definition) is 1. The van der Waals surface area contributed by atoms with Gasteiger partial charge in [-0.05, 0) is 5.53 Å². The van der Waals surface area contributed by atoms with E-state index < -0.39 is 17.8 Å².